The lowest BCUT2D eigenvalue weighted by Gasteiger charge is -2.27. The van der Waals surface area contributed by atoms with E-state index in [1.165, 1.54) is 24.2 Å². The van der Waals surface area contributed by atoms with E-state index in [2.05, 4.69) is 23.1 Å². The number of hydrogen-bond donors (Lipinski definition) is 0. The van der Waals surface area contributed by atoms with Gasteiger partial charge < -0.3 is 13.9 Å². The molecular formula is C22H27N5O2. The average molecular weight is 393 g/mol. The van der Waals surface area contributed by atoms with Crippen LogP contribution in [0, 0.1) is 19.8 Å². The number of furan rings is 1. The number of carbonyl (C=O) groups excluding carboxylic acids is 1. The van der Waals surface area contributed by atoms with Crippen molar-refractivity contribution in [2.24, 2.45) is 5.92 Å². The smallest absolute Gasteiger partial charge is 0.257 e. The molecule has 7 nitrogen and oxygen atoms in total. The second kappa shape index (κ2) is 6.90. The highest BCUT2D eigenvalue weighted by atomic mass is 16.3. The Morgan fingerprint density at radius 2 is 2.14 bits per heavy atom. The lowest BCUT2D eigenvalue weighted by Crippen LogP contribution is -2.36. The Labute approximate surface area is 170 Å². The first-order valence-electron chi connectivity index (χ1n) is 10.5. The van der Waals surface area contributed by atoms with Crippen LogP contribution in [0.15, 0.2) is 22.9 Å². The van der Waals surface area contributed by atoms with Crippen LogP contribution in [0.3, 0.4) is 0 Å². The minimum atomic E-state index is 0.0228. The summed E-state index contributed by atoms with van der Waals surface area (Å²) in [5, 5.41) is 4.93. The maximum Gasteiger partial charge on any atom is 0.257 e. The van der Waals surface area contributed by atoms with Gasteiger partial charge in [-0.2, -0.15) is 5.10 Å². The number of amides is 1. The third-order valence-electron chi connectivity index (χ3n) is 6.21. The summed E-state index contributed by atoms with van der Waals surface area (Å²) in [6.45, 7) is 9.14. The minimum absolute atomic E-state index is 0.0228. The van der Waals surface area contributed by atoms with E-state index in [4.69, 9.17) is 14.5 Å². The van der Waals surface area contributed by atoms with Crippen molar-refractivity contribution in [3.8, 4) is 11.5 Å². The van der Waals surface area contributed by atoms with Crippen molar-refractivity contribution in [1.82, 2.24) is 24.2 Å². The molecular weight excluding hydrogens is 366 g/mol. The molecule has 0 bridgehead atoms. The molecule has 29 heavy (non-hydrogen) atoms. The third-order valence-corrected chi connectivity index (χ3v) is 6.21. The predicted octanol–water partition coefficient (Wildman–Crippen LogP) is 3.58. The fraction of sp³-hybridized carbons (Fsp3) is 0.500. The number of fused-ring (bicyclic) bond motifs is 1. The molecule has 1 aliphatic carbocycles. The van der Waals surface area contributed by atoms with Gasteiger partial charge >= 0.3 is 0 Å². The van der Waals surface area contributed by atoms with Gasteiger partial charge in [0.25, 0.3) is 5.91 Å². The van der Waals surface area contributed by atoms with Gasteiger partial charge in [0.05, 0.1) is 18.4 Å². The molecule has 0 N–H and O–H groups in total. The highest BCUT2D eigenvalue weighted by Crippen LogP contribution is 2.35. The maximum atomic E-state index is 13.1. The Morgan fingerprint density at radius 3 is 2.83 bits per heavy atom. The van der Waals surface area contributed by atoms with Crippen LogP contribution < -0.4 is 0 Å². The van der Waals surface area contributed by atoms with Crippen molar-refractivity contribution in [3.05, 3.63) is 46.8 Å². The molecule has 4 heterocycles. The van der Waals surface area contributed by atoms with Crippen LogP contribution >= 0.6 is 0 Å². The van der Waals surface area contributed by atoms with Crippen LogP contribution in [0.1, 0.15) is 52.8 Å². The SMILES string of the molecule is CCn1nc(-c2ncc(C)n2CC2CC2)c2c1CCN(C(=O)c1ccoc1C)C2. The van der Waals surface area contributed by atoms with E-state index in [9.17, 15) is 4.79 Å². The predicted molar refractivity (Wildman–Crippen MR) is 108 cm³/mol. The lowest BCUT2D eigenvalue weighted by atomic mass is 10.0. The standard InChI is InChI=1S/C22H27N5O2/c1-4-27-19-7-9-25(22(28)17-8-10-29-15(17)3)13-18(19)20(24-27)21-23-11-14(2)26(21)12-16-5-6-16/h8,10-11,16H,4-7,9,12-13H2,1-3H3. The molecule has 2 aliphatic rings. The first-order chi connectivity index (χ1) is 14.1. The summed E-state index contributed by atoms with van der Waals surface area (Å²) >= 11 is 0. The van der Waals surface area contributed by atoms with Crippen LogP contribution in [-0.2, 0) is 26.1 Å². The summed E-state index contributed by atoms with van der Waals surface area (Å²) in [5.74, 6) is 2.38. The second-order valence-corrected chi connectivity index (χ2v) is 8.23. The van der Waals surface area contributed by atoms with Crippen molar-refractivity contribution in [2.75, 3.05) is 6.54 Å². The molecule has 5 rings (SSSR count). The number of rotatable bonds is 5. The number of aromatic nitrogens is 4. The molecule has 1 fully saturated rings. The second-order valence-electron chi connectivity index (χ2n) is 8.23. The molecule has 0 spiro atoms. The van der Waals surface area contributed by atoms with E-state index in [1.807, 2.05) is 18.0 Å². The Morgan fingerprint density at radius 1 is 1.31 bits per heavy atom. The molecule has 0 aromatic carbocycles. The molecule has 1 saturated carbocycles. The molecule has 7 heteroatoms. The van der Waals surface area contributed by atoms with Gasteiger partial charge in [-0.1, -0.05) is 0 Å². The molecule has 0 radical (unpaired) electrons. The van der Waals surface area contributed by atoms with Gasteiger partial charge in [0.2, 0.25) is 0 Å². The summed E-state index contributed by atoms with van der Waals surface area (Å²) in [6.07, 6.45) is 6.92. The fourth-order valence-corrected chi connectivity index (χ4v) is 4.32. The number of imidazole rings is 1. The zero-order valence-electron chi connectivity index (χ0n) is 17.3. The van der Waals surface area contributed by atoms with Gasteiger partial charge in [0.1, 0.15) is 11.5 Å². The minimum Gasteiger partial charge on any atom is -0.469 e. The topological polar surface area (TPSA) is 69.1 Å². The van der Waals surface area contributed by atoms with E-state index in [0.717, 1.165) is 42.5 Å². The van der Waals surface area contributed by atoms with Crippen molar-refractivity contribution in [2.45, 2.75) is 59.7 Å². The van der Waals surface area contributed by atoms with Crippen molar-refractivity contribution >= 4 is 5.91 Å². The molecule has 1 amide bonds. The monoisotopic (exact) mass is 393 g/mol. The molecule has 152 valence electrons. The van der Waals surface area contributed by atoms with Crippen molar-refractivity contribution < 1.29 is 9.21 Å². The first-order valence-corrected chi connectivity index (χ1v) is 10.5. The van der Waals surface area contributed by atoms with E-state index >= 15 is 0 Å². The molecule has 0 unspecified atom stereocenters. The summed E-state index contributed by atoms with van der Waals surface area (Å²) < 4.78 is 9.74. The Balaban J connectivity index is 1.53. The molecule has 1 aliphatic heterocycles. The van der Waals surface area contributed by atoms with E-state index in [0.29, 0.717) is 24.4 Å². The quantitative estimate of drug-likeness (QED) is 0.664. The average Bonchev–Trinajstić information content (AvgIpc) is 3.16. The summed E-state index contributed by atoms with van der Waals surface area (Å²) in [4.78, 5) is 19.7. The third kappa shape index (κ3) is 3.09. The molecule has 0 saturated heterocycles. The highest BCUT2D eigenvalue weighted by molar-refractivity contribution is 5.95. The van der Waals surface area contributed by atoms with Gasteiger partial charge in [-0.25, -0.2) is 4.98 Å². The van der Waals surface area contributed by atoms with Crippen LogP contribution in [0.5, 0.6) is 0 Å². The van der Waals surface area contributed by atoms with Gasteiger partial charge in [0, 0.05) is 49.2 Å². The normalized spacial score (nSPS) is 16.3. The highest BCUT2D eigenvalue weighted by Gasteiger charge is 2.32. The largest absolute Gasteiger partial charge is 0.469 e. The van der Waals surface area contributed by atoms with Gasteiger partial charge in [-0.3, -0.25) is 9.48 Å². The van der Waals surface area contributed by atoms with Crippen LogP contribution in [0.2, 0.25) is 0 Å². The number of carbonyl (C=O) groups is 1. The van der Waals surface area contributed by atoms with Gasteiger partial charge in [-0.15, -0.1) is 0 Å². The van der Waals surface area contributed by atoms with Gasteiger partial charge in [-0.05, 0) is 45.6 Å². The summed E-state index contributed by atoms with van der Waals surface area (Å²) in [5.41, 5.74) is 5.11. The van der Waals surface area contributed by atoms with E-state index < -0.39 is 0 Å². The number of hydrogen-bond acceptors (Lipinski definition) is 4. The summed E-state index contributed by atoms with van der Waals surface area (Å²) in [7, 11) is 0. The first kappa shape index (κ1) is 18.2. The number of nitrogens with zero attached hydrogens (tertiary/aromatic N) is 5. The Hall–Kier alpha value is -2.83. The van der Waals surface area contributed by atoms with E-state index in [1.54, 1.807) is 12.3 Å². The fourth-order valence-electron chi connectivity index (χ4n) is 4.32. The molecule has 3 aromatic rings. The zero-order valence-corrected chi connectivity index (χ0v) is 17.3. The van der Waals surface area contributed by atoms with Crippen LogP contribution in [-0.4, -0.2) is 36.7 Å². The van der Waals surface area contributed by atoms with E-state index in [-0.39, 0.29) is 5.91 Å². The van der Waals surface area contributed by atoms with Crippen molar-refractivity contribution in [1.29, 1.82) is 0 Å². The maximum absolute atomic E-state index is 13.1. The molecule has 3 aromatic heterocycles. The van der Waals surface area contributed by atoms with Crippen molar-refractivity contribution in [3.63, 3.8) is 0 Å². The Bertz CT molecular complexity index is 1070. The Kier molecular flexibility index (Phi) is 4.33. The number of aryl methyl sites for hydroxylation is 3. The van der Waals surface area contributed by atoms with Crippen LogP contribution in [0.4, 0.5) is 0 Å². The molecule has 0 atom stereocenters. The summed E-state index contributed by atoms with van der Waals surface area (Å²) in [6, 6.07) is 1.76. The van der Waals surface area contributed by atoms with Crippen LogP contribution in [0.25, 0.3) is 11.5 Å². The lowest BCUT2D eigenvalue weighted by molar-refractivity contribution is 0.0731. The zero-order chi connectivity index (χ0) is 20.1. The van der Waals surface area contributed by atoms with Gasteiger partial charge in [0.15, 0.2) is 5.82 Å².